The fourth-order valence-corrected chi connectivity index (χ4v) is 4.49. The summed E-state index contributed by atoms with van der Waals surface area (Å²) in [6.45, 7) is 4.00. The molecule has 3 rings (SSSR count). The summed E-state index contributed by atoms with van der Waals surface area (Å²) in [5, 5.41) is 0.137. The number of hydrogen-bond donors (Lipinski definition) is 0. The molecular weight excluding hydrogens is 345 g/mol. The SMILES string of the molecule is CC1=CC(C(c2ccc(F)cc2)C2CCOC(Br)C2)CN1C. The summed E-state index contributed by atoms with van der Waals surface area (Å²) in [6, 6.07) is 7.09. The van der Waals surface area contributed by atoms with Crippen LogP contribution >= 0.6 is 15.9 Å². The number of ether oxygens (including phenoxy) is 1. The molecule has 1 fully saturated rings. The number of benzene rings is 1. The molecule has 0 amide bonds. The molecule has 1 aromatic rings. The predicted molar refractivity (Wildman–Crippen MR) is 90.4 cm³/mol. The van der Waals surface area contributed by atoms with E-state index in [9.17, 15) is 4.39 Å². The van der Waals surface area contributed by atoms with Crippen LogP contribution in [0.25, 0.3) is 0 Å². The van der Waals surface area contributed by atoms with Crippen LogP contribution in [-0.2, 0) is 4.74 Å². The van der Waals surface area contributed by atoms with Crippen LogP contribution in [-0.4, -0.2) is 30.1 Å². The molecule has 0 bridgehead atoms. The molecule has 4 heteroatoms. The number of rotatable bonds is 3. The molecule has 4 unspecified atom stereocenters. The van der Waals surface area contributed by atoms with E-state index in [1.54, 1.807) is 12.1 Å². The smallest absolute Gasteiger partial charge is 0.123 e. The molecule has 120 valence electrons. The summed E-state index contributed by atoms with van der Waals surface area (Å²) in [6.07, 6.45) is 4.46. The van der Waals surface area contributed by atoms with Gasteiger partial charge in [0.1, 0.15) is 10.8 Å². The third-order valence-corrected chi connectivity index (χ3v) is 5.68. The van der Waals surface area contributed by atoms with Gasteiger partial charge in [0.05, 0.1) is 0 Å². The van der Waals surface area contributed by atoms with E-state index in [0.717, 1.165) is 26.0 Å². The Kier molecular flexibility index (Phi) is 4.88. The van der Waals surface area contributed by atoms with Crippen molar-refractivity contribution in [1.29, 1.82) is 0 Å². The molecule has 2 heterocycles. The monoisotopic (exact) mass is 367 g/mol. The largest absolute Gasteiger partial charge is 0.378 e. The van der Waals surface area contributed by atoms with Gasteiger partial charge in [-0.15, -0.1) is 0 Å². The summed E-state index contributed by atoms with van der Waals surface area (Å²) in [4.78, 5) is 2.31. The topological polar surface area (TPSA) is 12.5 Å². The number of nitrogens with zero attached hydrogens (tertiary/aromatic N) is 1. The van der Waals surface area contributed by atoms with E-state index < -0.39 is 0 Å². The Balaban J connectivity index is 1.90. The van der Waals surface area contributed by atoms with Gasteiger partial charge in [-0.25, -0.2) is 4.39 Å². The standard InChI is InChI=1S/C18H23BrFNO/c1-12-9-15(11-21(12)2)18(13-3-5-16(20)6-4-13)14-7-8-22-17(19)10-14/h3-6,9,14-15,17-18H,7-8,10-11H2,1-2H3. The van der Waals surface area contributed by atoms with Gasteiger partial charge in [-0.3, -0.25) is 0 Å². The molecular formula is C18H23BrFNO. The normalized spacial score (nSPS) is 30.3. The summed E-state index contributed by atoms with van der Waals surface area (Å²) in [5.41, 5.74) is 2.58. The molecule has 0 saturated carbocycles. The van der Waals surface area contributed by atoms with E-state index in [0.29, 0.717) is 17.8 Å². The van der Waals surface area contributed by atoms with Crippen LogP contribution < -0.4 is 0 Å². The minimum Gasteiger partial charge on any atom is -0.378 e. The van der Waals surface area contributed by atoms with Gasteiger partial charge >= 0.3 is 0 Å². The average molecular weight is 368 g/mol. The minimum atomic E-state index is -0.164. The van der Waals surface area contributed by atoms with Crippen molar-refractivity contribution in [1.82, 2.24) is 4.90 Å². The lowest BCUT2D eigenvalue weighted by Gasteiger charge is -2.36. The molecule has 4 atom stereocenters. The first-order valence-electron chi connectivity index (χ1n) is 7.95. The van der Waals surface area contributed by atoms with E-state index in [-0.39, 0.29) is 10.8 Å². The molecule has 1 saturated heterocycles. The van der Waals surface area contributed by atoms with E-state index in [2.05, 4.69) is 40.9 Å². The highest BCUT2D eigenvalue weighted by Gasteiger charge is 2.36. The van der Waals surface area contributed by atoms with E-state index in [1.165, 1.54) is 11.3 Å². The van der Waals surface area contributed by atoms with Gasteiger partial charge in [-0.2, -0.15) is 0 Å². The highest BCUT2D eigenvalue weighted by Crippen LogP contribution is 2.43. The van der Waals surface area contributed by atoms with Crippen molar-refractivity contribution < 1.29 is 9.13 Å². The maximum atomic E-state index is 13.3. The van der Waals surface area contributed by atoms with E-state index in [1.807, 2.05) is 12.1 Å². The van der Waals surface area contributed by atoms with Crippen molar-refractivity contribution in [3.05, 3.63) is 47.4 Å². The first-order chi connectivity index (χ1) is 10.5. The minimum absolute atomic E-state index is 0.137. The number of hydrogen-bond acceptors (Lipinski definition) is 2. The molecule has 1 aromatic carbocycles. The Morgan fingerprint density at radius 1 is 1.32 bits per heavy atom. The van der Waals surface area contributed by atoms with Gasteiger partial charge in [0.25, 0.3) is 0 Å². The maximum Gasteiger partial charge on any atom is 0.123 e. The first kappa shape index (κ1) is 16.0. The Morgan fingerprint density at radius 3 is 2.64 bits per heavy atom. The average Bonchev–Trinajstić information content (AvgIpc) is 2.81. The van der Waals surface area contributed by atoms with Crippen molar-refractivity contribution >= 4 is 15.9 Å². The molecule has 0 N–H and O–H groups in total. The van der Waals surface area contributed by atoms with Gasteiger partial charge in [0, 0.05) is 31.8 Å². The van der Waals surface area contributed by atoms with E-state index in [4.69, 9.17) is 4.74 Å². The van der Waals surface area contributed by atoms with Gasteiger partial charge in [-0.1, -0.05) is 34.1 Å². The van der Waals surface area contributed by atoms with Crippen LogP contribution in [0.4, 0.5) is 4.39 Å². The zero-order valence-electron chi connectivity index (χ0n) is 13.1. The molecule has 0 aliphatic carbocycles. The lowest BCUT2D eigenvalue weighted by atomic mass is 9.74. The molecule has 2 nitrogen and oxygen atoms in total. The Bertz CT molecular complexity index is 545. The van der Waals surface area contributed by atoms with Crippen LogP contribution in [0.2, 0.25) is 0 Å². The molecule has 0 spiro atoms. The quantitative estimate of drug-likeness (QED) is 0.728. The lowest BCUT2D eigenvalue weighted by molar-refractivity contribution is 0.0353. The van der Waals surface area contributed by atoms with E-state index >= 15 is 0 Å². The summed E-state index contributed by atoms with van der Waals surface area (Å²) in [7, 11) is 2.14. The van der Waals surface area contributed by atoms with Crippen molar-refractivity contribution in [2.75, 3.05) is 20.2 Å². The van der Waals surface area contributed by atoms with Crippen molar-refractivity contribution in [3.63, 3.8) is 0 Å². The summed E-state index contributed by atoms with van der Waals surface area (Å²) in [5.74, 6) is 1.30. The van der Waals surface area contributed by atoms with Crippen LogP contribution in [0.1, 0.15) is 31.2 Å². The third-order valence-electron chi connectivity index (χ3n) is 5.04. The maximum absolute atomic E-state index is 13.3. The molecule has 2 aliphatic rings. The fraction of sp³-hybridized carbons (Fsp3) is 0.556. The van der Waals surface area contributed by atoms with Gasteiger partial charge in [0.15, 0.2) is 0 Å². The number of halogens is 2. The molecule has 0 radical (unpaired) electrons. The lowest BCUT2D eigenvalue weighted by Crippen LogP contribution is -2.31. The second kappa shape index (κ2) is 6.71. The van der Waals surface area contributed by atoms with Crippen LogP contribution in [0.3, 0.4) is 0 Å². The Labute approximate surface area is 140 Å². The number of alkyl halides is 1. The highest BCUT2D eigenvalue weighted by molar-refractivity contribution is 9.09. The first-order valence-corrected chi connectivity index (χ1v) is 8.87. The molecule has 0 aromatic heterocycles. The van der Waals surface area contributed by atoms with Gasteiger partial charge < -0.3 is 9.64 Å². The fourth-order valence-electron chi connectivity index (χ4n) is 3.82. The summed E-state index contributed by atoms with van der Waals surface area (Å²) >= 11 is 3.61. The molecule has 2 aliphatic heterocycles. The van der Waals surface area contributed by atoms with Crippen LogP contribution in [0.5, 0.6) is 0 Å². The third kappa shape index (κ3) is 3.38. The van der Waals surface area contributed by atoms with Crippen molar-refractivity contribution in [2.24, 2.45) is 11.8 Å². The van der Waals surface area contributed by atoms with Crippen molar-refractivity contribution in [3.8, 4) is 0 Å². The highest BCUT2D eigenvalue weighted by atomic mass is 79.9. The van der Waals surface area contributed by atoms with Crippen LogP contribution in [0, 0.1) is 17.7 Å². The van der Waals surface area contributed by atoms with Crippen LogP contribution in [0.15, 0.2) is 36.0 Å². The number of allylic oxidation sites excluding steroid dienone is 1. The van der Waals surface area contributed by atoms with Gasteiger partial charge in [0.2, 0.25) is 0 Å². The summed E-state index contributed by atoms with van der Waals surface area (Å²) < 4.78 is 19.0. The second-order valence-corrected chi connectivity index (χ2v) is 7.52. The zero-order valence-corrected chi connectivity index (χ0v) is 14.7. The molecule has 22 heavy (non-hydrogen) atoms. The predicted octanol–water partition coefficient (Wildman–Crippen LogP) is 4.52. The Morgan fingerprint density at radius 2 is 2.05 bits per heavy atom. The van der Waals surface area contributed by atoms with Gasteiger partial charge in [-0.05, 0) is 49.3 Å². The van der Waals surface area contributed by atoms with Crippen molar-refractivity contribution in [2.45, 2.75) is 30.7 Å². The zero-order chi connectivity index (χ0) is 15.7. The second-order valence-electron chi connectivity index (χ2n) is 6.50. The Hall–Kier alpha value is -0.870.